The quantitative estimate of drug-likeness (QED) is 0.0142. The number of aromatic amines is 3. The van der Waals surface area contributed by atoms with Gasteiger partial charge in [0, 0.05) is 151 Å². The minimum Gasteiger partial charge on any atom is -0.460 e. The van der Waals surface area contributed by atoms with Gasteiger partial charge >= 0.3 is 5.97 Å². The Morgan fingerprint density at radius 3 is 0.865 bits per heavy atom. The van der Waals surface area contributed by atoms with E-state index in [4.69, 9.17) is 21.5 Å². The normalized spacial score (nSPS) is 22.9. The Hall–Kier alpha value is -17.8. The molecule has 0 saturated carbocycles. The van der Waals surface area contributed by atoms with Gasteiger partial charge in [0.15, 0.2) is 0 Å². The average molecular weight is 2000 g/mol. The first-order valence-corrected chi connectivity index (χ1v) is 48.9. The summed E-state index contributed by atoms with van der Waals surface area (Å²) in [5.74, 6) is -8.33. The van der Waals surface area contributed by atoms with Gasteiger partial charge in [0.1, 0.15) is 91.7 Å². The van der Waals surface area contributed by atoms with Gasteiger partial charge in [-0.15, -0.1) is 0 Å². The first kappa shape index (κ1) is 103. The topological polar surface area (TPSA) is 578 Å². The number of fused-ring (bicyclic) bond motifs is 6. The molecule has 760 valence electrons. The van der Waals surface area contributed by atoms with Crippen molar-refractivity contribution in [3.63, 3.8) is 0 Å². The van der Waals surface area contributed by atoms with Gasteiger partial charge in [0.05, 0.1) is 13.1 Å². The molecule has 0 unspecified atom stereocenters. The lowest BCUT2D eigenvalue weighted by Gasteiger charge is -2.32. The van der Waals surface area contributed by atoms with Crippen LogP contribution in [0.4, 0.5) is 0 Å². The molecule has 14 amide bonds. The van der Waals surface area contributed by atoms with Crippen LogP contribution in [0.15, 0.2) is 284 Å². The molecular weight excluding hydrogens is 1890 g/mol. The van der Waals surface area contributed by atoms with E-state index in [0.29, 0.717) is 0 Å². The first-order chi connectivity index (χ1) is 71.8. The van der Waals surface area contributed by atoms with Gasteiger partial charge in [-0.3, -0.25) is 71.9 Å². The molecule has 6 saturated heterocycles. The number of nitrogens with two attached hydrogens (primary N) is 1. The number of nitrogens with one attached hydrogen (secondary N) is 14. The molecule has 16 N–H and O–H groups in total. The highest BCUT2D eigenvalue weighted by molar-refractivity contribution is 6.03. The van der Waals surface area contributed by atoms with Crippen LogP contribution < -0.4 is 64.2 Å². The third-order valence-corrected chi connectivity index (χ3v) is 27.0. The zero-order valence-electron chi connectivity index (χ0n) is 80.5. The highest BCUT2D eigenvalue weighted by atomic mass is 16.5. The smallest absolute Gasteiger partial charge is 0.312 e. The standard InChI is InChI=1S/C36H37N9O5.C36H36N8O6.C36H39N7O5/c37-44-39-20-32(46)40-25-18-31-35(49)42-28(15-22-9-3-1-4-10-22)33(47)41-29(17-24-19-38-27-14-8-7-13-26(24)27)34(48)43-30(36(50)45(31)21-25)16-23-11-5-2-6-12-23;37-43-39-20-32(45)50-25-18-31-35(48)41-28(15-22-9-3-1-4-10-22)33(46)40-29(17-24-19-38-27-14-8-7-13-26(24)27)34(47)42-30(36(49)44(31)21-25)16-23-11-5-2-6-12-23;37-19-32(44)39-25-18-31-35(47)41-28(15-22-9-3-1-4-10-22)33(45)40-29(17-24-20-38-27-14-8-7-13-26(24)27)34(46)42-30(36(48)43(31)21-25)16-23-11-5-2-6-12-23/h1-14,19,25,28-31,38H,15-18,20-21H2,(H,40,46)(H,41,47)(H,42,49)(H,43,48);1-14,19,25,28-31,38H,15-18,20-21H2,(H,40,46)(H,41,48)(H,42,47);1-14,20,25,28-31,38H,15-19,21,37H2,(H,39,44)(H,40,45)(H,41,47)(H,42,46)/t3*25-,28+,29-,30+,31-/m111/s1. The lowest BCUT2D eigenvalue weighted by Crippen LogP contribution is -2.62. The molecule has 40 nitrogen and oxygen atoms in total. The number of carbonyl (C=O) groups is 15. The molecule has 9 aromatic carbocycles. The summed E-state index contributed by atoms with van der Waals surface area (Å²) >= 11 is 0. The molecule has 40 heteroatoms. The van der Waals surface area contributed by atoms with Gasteiger partial charge in [0.25, 0.3) is 0 Å². The minimum atomic E-state index is -1.13. The molecule has 0 bridgehead atoms. The molecule has 6 fully saturated rings. The van der Waals surface area contributed by atoms with Crippen LogP contribution in [-0.4, -0.2) is 248 Å². The number of azide groups is 2. The van der Waals surface area contributed by atoms with Crippen LogP contribution in [0, 0.1) is 0 Å². The number of H-pyrrole nitrogens is 3. The van der Waals surface area contributed by atoms with Gasteiger partial charge in [0.2, 0.25) is 82.7 Å². The fourth-order valence-electron chi connectivity index (χ4n) is 19.8. The molecule has 0 aliphatic carbocycles. The number of para-hydroxylation sites is 3. The second-order valence-corrected chi connectivity index (χ2v) is 37.2. The predicted octanol–water partition coefficient (Wildman–Crippen LogP) is 5.25. The summed E-state index contributed by atoms with van der Waals surface area (Å²) in [6.07, 6.45) is 5.73. The number of hydrogen-bond acceptors (Lipinski definition) is 19. The third-order valence-electron chi connectivity index (χ3n) is 27.0. The number of amides is 14. The number of rotatable bonds is 26. The van der Waals surface area contributed by atoms with Crippen LogP contribution in [0.3, 0.4) is 0 Å². The Bertz CT molecular complexity index is 6670. The maximum absolute atomic E-state index is 14.4. The van der Waals surface area contributed by atoms with Crippen molar-refractivity contribution in [2.75, 3.05) is 39.3 Å². The Kier molecular flexibility index (Phi) is 34.1. The van der Waals surface area contributed by atoms with Crippen LogP contribution in [0.1, 0.15) is 69.3 Å². The number of aromatic nitrogens is 3. The Balaban J connectivity index is 0.000000158. The molecule has 148 heavy (non-hydrogen) atoms. The fraction of sp³-hybridized carbons (Fsp3) is 0.306. The molecule has 9 heterocycles. The van der Waals surface area contributed by atoms with Crippen LogP contribution in [0.2, 0.25) is 0 Å². The number of ether oxygens (including phenoxy) is 1. The average Bonchev–Trinajstić information content (AvgIpc) is 1.64. The van der Waals surface area contributed by atoms with E-state index in [9.17, 15) is 71.9 Å². The van der Waals surface area contributed by atoms with Crippen molar-refractivity contribution in [1.29, 1.82) is 0 Å². The molecular formula is C108H112N24O16. The van der Waals surface area contributed by atoms with E-state index in [0.717, 1.165) is 82.8 Å². The van der Waals surface area contributed by atoms with Crippen molar-refractivity contribution in [3.05, 3.63) is 344 Å². The number of nitrogens with zero attached hydrogens (tertiary/aromatic N) is 9. The summed E-state index contributed by atoms with van der Waals surface area (Å²) in [5.41, 5.74) is 32.5. The highest BCUT2D eigenvalue weighted by Gasteiger charge is 2.50. The summed E-state index contributed by atoms with van der Waals surface area (Å²) in [6.45, 7) is -1.38. The third kappa shape index (κ3) is 26.4. The fourth-order valence-corrected chi connectivity index (χ4v) is 19.8. The molecule has 12 aromatic rings. The van der Waals surface area contributed by atoms with E-state index in [1.54, 1.807) is 18.6 Å². The Morgan fingerprint density at radius 1 is 0.311 bits per heavy atom. The number of hydrogen-bond donors (Lipinski definition) is 15. The number of benzene rings is 9. The van der Waals surface area contributed by atoms with Crippen LogP contribution in [0.5, 0.6) is 0 Å². The van der Waals surface area contributed by atoms with Crippen molar-refractivity contribution < 1.29 is 76.7 Å². The summed E-state index contributed by atoms with van der Waals surface area (Å²) in [6, 6.07) is 63.8. The van der Waals surface area contributed by atoms with Gasteiger partial charge in [-0.1, -0.05) is 247 Å². The monoisotopic (exact) mass is 2000 g/mol. The van der Waals surface area contributed by atoms with E-state index >= 15 is 0 Å². The van der Waals surface area contributed by atoms with Crippen molar-refractivity contribution in [2.45, 2.75) is 168 Å². The minimum absolute atomic E-state index is 0.0333. The molecule has 6 aliphatic heterocycles. The van der Waals surface area contributed by atoms with Crippen molar-refractivity contribution in [3.8, 4) is 0 Å². The molecule has 0 radical (unpaired) electrons. The zero-order chi connectivity index (χ0) is 104. The van der Waals surface area contributed by atoms with Crippen LogP contribution in [-0.2, 0) is 134 Å². The number of esters is 1. The van der Waals surface area contributed by atoms with E-state index in [2.05, 4.69) is 93.5 Å². The number of carbonyl (C=O) groups excluding carboxylic acids is 15. The first-order valence-electron chi connectivity index (χ1n) is 48.9. The van der Waals surface area contributed by atoms with E-state index in [1.807, 2.05) is 255 Å². The van der Waals surface area contributed by atoms with E-state index in [-0.39, 0.29) is 103 Å². The summed E-state index contributed by atoms with van der Waals surface area (Å²) in [5, 5.41) is 40.7. The second kappa shape index (κ2) is 49.0. The lowest BCUT2D eigenvalue weighted by molar-refractivity contribution is -0.148. The van der Waals surface area contributed by atoms with Crippen molar-refractivity contribution in [1.82, 2.24) is 88.1 Å². The molecule has 18 rings (SSSR count). The largest absolute Gasteiger partial charge is 0.460 e. The highest BCUT2D eigenvalue weighted by Crippen LogP contribution is 2.31. The van der Waals surface area contributed by atoms with E-state index in [1.165, 1.54) is 14.7 Å². The molecule has 0 spiro atoms. The Morgan fingerprint density at radius 2 is 0.561 bits per heavy atom. The van der Waals surface area contributed by atoms with Crippen LogP contribution in [0.25, 0.3) is 53.6 Å². The predicted molar refractivity (Wildman–Crippen MR) is 545 cm³/mol. The van der Waals surface area contributed by atoms with Gasteiger partial charge in [-0.05, 0) is 92.2 Å². The summed E-state index contributed by atoms with van der Waals surface area (Å²) in [7, 11) is 0. The van der Waals surface area contributed by atoms with Crippen molar-refractivity contribution >= 4 is 121 Å². The summed E-state index contributed by atoms with van der Waals surface area (Å²) in [4.78, 5) is 226. The molecule has 3 aromatic heterocycles. The van der Waals surface area contributed by atoms with Crippen molar-refractivity contribution in [2.24, 2.45) is 16.0 Å². The lowest BCUT2D eigenvalue weighted by atomic mass is 9.99. The van der Waals surface area contributed by atoms with Crippen LogP contribution >= 0.6 is 0 Å². The zero-order valence-corrected chi connectivity index (χ0v) is 80.5. The maximum Gasteiger partial charge on any atom is 0.312 e. The van der Waals surface area contributed by atoms with Gasteiger partial charge in [-0.25, -0.2) is 0 Å². The maximum atomic E-state index is 14.4. The summed E-state index contributed by atoms with van der Waals surface area (Å²) < 4.78 is 5.48. The van der Waals surface area contributed by atoms with E-state index < -0.39 is 192 Å². The molecule has 15 atom stereocenters. The van der Waals surface area contributed by atoms with Gasteiger partial charge in [-0.2, -0.15) is 0 Å². The SMILES string of the molecule is NCC(=O)N[C@@H]1C[C@@H]2C(=O)N[C@@H](Cc3ccccc3)C(=O)N[C@H](Cc3c[nH]c4ccccc34)C(=O)N[C@@H](Cc3ccccc3)C(=O)N2C1.[N-]=[N+]=NCC(=O)N[C@@H]1C[C@@H]2C(=O)N[C@@H](Cc3ccccc3)C(=O)N[C@H](Cc3c[nH]c4ccccc34)C(=O)N[C@@H](Cc3ccccc3)C(=O)N2C1.[N-]=[N+]=NCC(=O)O[C@@H]1C[C@@H]2C(=O)N[C@@H](Cc3ccccc3)C(=O)N[C@H](Cc3c[nH]c4ccccc34)C(=O)N[C@@H](Cc3ccccc3)C(=O)N2C1. The van der Waals surface area contributed by atoms with Gasteiger partial charge < -0.3 is 98.6 Å². The molecule has 6 aliphatic rings. The Labute approximate surface area is 849 Å². The second-order valence-electron chi connectivity index (χ2n) is 37.2.